The Hall–Kier alpha value is -1.15. The Kier molecular flexibility index (Phi) is 7.10. The maximum Gasteiger partial charge on any atom is 0.241 e. The summed E-state index contributed by atoms with van der Waals surface area (Å²) in [5, 5.41) is 9.10. The van der Waals surface area contributed by atoms with Gasteiger partial charge in [-0.25, -0.2) is 13.1 Å². The van der Waals surface area contributed by atoms with Crippen molar-refractivity contribution in [1.82, 2.24) is 4.72 Å². The van der Waals surface area contributed by atoms with E-state index in [9.17, 15) is 8.42 Å². The van der Waals surface area contributed by atoms with Gasteiger partial charge in [-0.3, -0.25) is 0 Å². The van der Waals surface area contributed by atoms with E-state index < -0.39 is 10.0 Å². The molecule has 0 bridgehead atoms. The van der Waals surface area contributed by atoms with E-state index in [0.29, 0.717) is 24.3 Å². The first-order chi connectivity index (χ1) is 9.94. The van der Waals surface area contributed by atoms with E-state index in [2.05, 4.69) is 4.72 Å². The molecule has 1 aromatic rings. The number of hydrogen-bond acceptors (Lipinski definition) is 5. The molecular weight excluding hydrogens is 294 g/mol. The first-order valence-electron chi connectivity index (χ1n) is 6.73. The van der Waals surface area contributed by atoms with Crippen molar-refractivity contribution >= 4 is 10.0 Å². The van der Waals surface area contributed by atoms with Crippen LogP contribution >= 0.6 is 0 Å². The van der Waals surface area contributed by atoms with E-state index in [1.165, 1.54) is 13.2 Å². The average molecular weight is 317 g/mol. The van der Waals surface area contributed by atoms with Crippen molar-refractivity contribution in [2.45, 2.75) is 30.7 Å². The SMILES string of the molecule is COCCC(C)NS(=O)(=O)c1ccc(OC)cc1CCO. The minimum Gasteiger partial charge on any atom is -0.497 e. The molecule has 7 heteroatoms. The number of hydrogen-bond donors (Lipinski definition) is 2. The van der Waals surface area contributed by atoms with Crippen molar-refractivity contribution in [3.8, 4) is 5.75 Å². The number of aliphatic hydroxyl groups excluding tert-OH is 1. The van der Waals surface area contributed by atoms with Crippen molar-refractivity contribution in [3.63, 3.8) is 0 Å². The van der Waals surface area contributed by atoms with Crippen LogP contribution in [0.15, 0.2) is 23.1 Å². The average Bonchev–Trinajstić information content (AvgIpc) is 2.44. The van der Waals surface area contributed by atoms with Crippen LogP contribution in [0.3, 0.4) is 0 Å². The summed E-state index contributed by atoms with van der Waals surface area (Å²) in [4.78, 5) is 0.168. The first kappa shape index (κ1) is 17.9. The fourth-order valence-electron chi connectivity index (χ4n) is 1.94. The Balaban J connectivity index is 3.01. The van der Waals surface area contributed by atoms with Gasteiger partial charge in [0, 0.05) is 26.4 Å². The molecule has 0 spiro atoms. The van der Waals surface area contributed by atoms with Gasteiger partial charge in [-0.2, -0.15) is 0 Å². The Morgan fingerprint density at radius 1 is 1.33 bits per heavy atom. The maximum atomic E-state index is 12.4. The molecule has 6 nitrogen and oxygen atoms in total. The Bertz CT molecular complexity index is 544. The molecule has 21 heavy (non-hydrogen) atoms. The summed E-state index contributed by atoms with van der Waals surface area (Å²) in [5.41, 5.74) is 0.531. The summed E-state index contributed by atoms with van der Waals surface area (Å²) in [6, 6.07) is 4.48. The van der Waals surface area contributed by atoms with E-state index in [1.54, 1.807) is 26.2 Å². The van der Waals surface area contributed by atoms with Crippen molar-refractivity contribution in [2.75, 3.05) is 27.4 Å². The summed E-state index contributed by atoms with van der Waals surface area (Å²) in [5.74, 6) is 0.560. The van der Waals surface area contributed by atoms with Gasteiger partial charge in [0.15, 0.2) is 0 Å². The molecule has 120 valence electrons. The normalized spacial score (nSPS) is 13.1. The van der Waals surface area contributed by atoms with Crippen molar-refractivity contribution < 1.29 is 23.0 Å². The molecule has 0 aliphatic rings. The van der Waals surface area contributed by atoms with Crippen LogP contribution in [0, 0.1) is 0 Å². The monoisotopic (exact) mass is 317 g/mol. The van der Waals surface area contributed by atoms with E-state index in [0.717, 1.165) is 0 Å². The van der Waals surface area contributed by atoms with E-state index in [4.69, 9.17) is 14.6 Å². The number of ether oxygens (including phenoxy) is 2. The molecule has 0 fully saturated rings. The van der Waals surface area contributed by atoms with Gasteiger partial charge in [-0.05, 0) is 43.5 Å². The van der Waals surface area contributed by atoms with Crippen LogP contribution in [0.25, 0.3) is 0 Å². The largest absolute Gasteiger partial charge is 0.497 e. The summed E-state index contributed by atoms with van der Waals surface area (Å²) >= 11 is 0. The predicted molar refractivity (Wildman–Crippen MR) is 80.1 cm³/mol. The van der Waals surface area contributed by atoms with Gasteiger partial charge in [0.05, 0.1) is 12.0 Å². The van der Waals surface area contributed by atoms with Gasteiger partial charge >= 0.3 is 0 Å². The van der Waals surface area contributed by atoms with Crippen LogP contribution in [-0.4, -0.2) is 47.0 Å². The predicted octanol–water partition coefficient (Wildman–Crippen LogP) is 0.933. The Morgan fingerprint density at radius 3 is 2.62 bits per heavy atom. The Labute approximate surface area is 126 Å². The summed E-state index contributed by atoms with van der Waals surface area (Å²) in [7, 11) is -0.555. The topological polar surface area (TPSA) is 84.9 Å². The highest BCUT2D eigenvalue weighted by Crippen LogP contribution is 2.22. The third-order valence-corrected chi connectivity index (χ3v) is 4.74. The minimum atomic E-state index is -3.64. The summed E-state index contributed by atoms with van der Waals surface area (Å²) in [6.45, 7) is 2.14. The molecular formula is C14H23NO5S. The van der Waals surface area contributed by atoms with Crippen LogP contribution in [0.2, 0.25) is 0 Å². The molecule has 1 unspecified atom stereocenters. The van der Waals surface area contributed by atoms with Gasteiger partial charge in [0.25, 0.3) is 0 Å². The number of nitrogens with one attached hydrogen (secondary N) is 1. The van der Waals surface area contributed by atoms with Gasteiger partial charge in [0.1, 0.15) is 5.75 Å². The zero-order chi connectivity index (χ0) is 15.9. The fourth-order valence-corrected chi connectivity index (χ4v) is 3.47. The first-order valence-corrected chi connectivity index (χ1v) is 8.22. The van der Waals surface area contributed by atoms with E-state index >= 15 is 0 Å². The molecule has 0 amide bonds. The third-order valence-electron chi connectivity index (χ3n) is 3.05. The van der Waals surface area contributed by atoms with Gasteiger partial charge in [0.2, 0.25) is 10.0 Å². The Morgan fingerprint density at radius 2 is 2.05 bits per heavy atom. The highest BCUT2D eigenvalue weighted by Gasteiger charge is 2.21. The molecule has 0 aliphatic carbocycles. The van der Waals surface area contributed by atoms with Crippen LogP contribution in [0.4, 0.5) is 0 Å². The lowest BCUT2D eigenvalue weighted by atomic mass is 10.1. The highest BCUT2D eigenvalue weighted by atomic mass is 32.2. The standard InChI is InChI=1S/C14H23NO5S/c1-11(7-9-19-2)15-21(17,18)14-5-4-13(20-3)10-12(14)6-8-16/h4-5,10-11,15-16H,6-9H2,1-3H3. The number of aliphatic hydroxyl groups is 1. The molecule has 0 saturated carbocycles. The quantitative estimate of drug-likeness (QED) is 0.708. The second kappa shape index (κ2) is 8.33. The zero-order valence-electron chi connectivity index (χ0n) is 12.6. The van der Waals surface area contributed by atoms with Gasteiger partial charge in [-0.15, -0.1) is 0 Å². The van der Waals surface area contributed by atoms with Crippen molar-refractivity contribution in [3.05, 3.63) is 23.8 Å². The van der Waals surface area contributed by atoms with Gasteiger partial charge in [-0.1, -0.05) is 0 Å². The van der Waals surface area contributed by atoms with E-state index in [-0.39, 0.29) is 24.0 Å². The number of methoxy groups -OCH3 is 2. The van der Waals surface area contributed by atoms with Crippen LogP contribution < -0.4 is 9.46 Å². The fraction of sp³-hybridized carbons (Fsp3) is 0.571. The smallest absolute Gasteiger partial charge is 0.241 e. The molecule has 1 aromatic carbocycles. The summed E-state index contributed by atoms with van der Waals surface area (Å²) in [6.07, 6.45) is 0.834. The third kappa shape index (κ3) is 5.28. The molecule has 0 saturated heterocycles. The number of benzene rings is 1. The molecule has 0 heterocycles. The highest BCUT2D eigenvalue weighted by molar-refractivity contribution is 7.89. The van der Waals surface area contributed by atoms with Gasteiger partial charge < -0.3 is 14.6 Å². The van der Waals surface area contributed by atoms with Crippen LogP contribution in [0.5, 0.6) is 5.75 Å². The number of sulfonamides is 1. The maximum absolute atomic E-state index is 12.4. The molecule has 2 N–H and O–H groups in total. The lowest BCUT2D eigenvalue weighted by molar-refractivity contribution is 0.188. The van der Waals surface area contributed by atoms with E-state index in [1.807, 2.05) is 0 Å². The second-order valence-corrected chi connectivity index (χ2v) is 6.43. The molecule has 1 atom stereocenters. The lowest BCUT2D eigenvalue weighted by Crippen LogP contribution is -2.34. The molecule has 0 radical (unpaired) electrons. The van der Waals surface area contributed by atoms with Crippen molar-refractivity contribution in [1.29, 1.82) is 0 Å². The minimum absolute atomic E-state index is 0.130. The molecule has 1 rings (SSSR count). The van der Waals surface area contributed by atoms with Crippen LogP contribution in [0.1, 0.15) is 18.9 Å². The molecule has 0 aliphatic heterocycles. The lowest BCUT2D eigenvalue weighted by Gasteiger charge is -2.16. The second-order valence-electron chi connectivity index (χ2n) is 4.75. The molecule has 0 aromatic heterocycles. The van der Waals surface area contributed by atoms with Crippen molar-refractivity contribution in [2.24, 2.45) is 0 Å². The number of rotatable bonds is 9. The summed E-state index contributed by atoms with van der Waals surface area (Å²) < 4.78 is 37.5. The zero-order valence-corrected chi connectivity index (χ0v) is 13.4. The van der Waals surface area contributed by atoms with Crippen LogP contribution in [-0.2, 0) is 21.2 Å².